The molecule has 0 aromatic heterocycles. The van der Waals surface area contributed by atoms with Crippen molar-refractivity contribution >= 4 is 17.8 Å². The molecular weight excluding hydrogens is 266 g/mol. The van der Waals surface area contributed by atoms with E-state index in [4.69, 9.17) is 4.74 Å². The summed E-state index contributed by atoms with van der Waals surface area (Å²) in [5.41, 5.74) is 0. The Kier molecular flexibility index (Phi) is 6.96. The third-order valence-electron chi connectivity index (χ3n) is 2.80. The van der Waals surface area contributed by atoms with Crippen LogP contribution in [0.15, 0.2) is 0 Å². The second-order valence-corrected chi connectivity index (χ2v) is 4.45. The van der Waals surface area contributed by atoms with E-state index in [9.17, 15) is 14.4 Å². The summed E-state index contributed by atoms with van der Waals surface area (Å²) < 4.78 is 9.89. The van der Waals surface area contributed by atoms with Crippen LogP contribution in [0, 0.1) is 0 Å². The topological polar surface area (TPSA) is 97.0 Å². The average molecular weight is 287 g/mol. The number of esters is 1. The fraction of sp³-hybridized carbons (Fsp3) is 0.750. The molecular formula is C12H21N3O5. The number of hydrogen-bond donors (Lipinski definition) is 2. The average Bonchev–Trinajstić information content (AvgIpc) is 2.43. The first-order valence-corrected chi connectivity index (χ1v) is 6.46. The maximum Gasteiger partial charge on any atom is 0.336 e. The highest BCUT2D eigenvalue weighted by Crippen LogP contribution is 2.06. The van der Waals surface area contributed by atoms with Crippen molar-refractivity contribution in [3.63, 3.8) is 0 Å². The molecule has 1 rings (SSSR count). The third-order valence-corrected chi connectivity index (χ3v) is 2.80. The number of carbonyl (C=O) groups is 3. The molecule has 0 radical (unpaired) electrons. The number of carbonyl (C=O) groups excluding carboxylic acids is 3. The highest BCUT2D eigenvalue weighted by Gasteiger charge is 2.28. The van der Waals surface area contributed by atoms with E-state index in [1.54, 1.807) is 0 Å². The van der Waals surface area contributed by atoms with Gasteiger partial charge in [0.1, 0.15) is 0 Å². The Hall–Kier alpha value is -1.67. The summed E-state index contributed by atoms with van der Waals surface area (Å²) in [6.45, 7) is 3.70. The largest absolute Gasteiger partial charge is 0.467 e. The Bertz CT molecular complexity index is 361. The number of ether oxygens (including phenoxy) is 2. The van der Waals surface area contributed by atoms with Gasteiger partial charge in [0, 0.05) is 33.1 Å². The van der Waals surface area contributed by atoms with Gasteiger partial charge in [0.2, 0.25) is 11.8 Å². The van der Waals surface area contributed by atoms with Gasteiger partial charge in [-0.3, -0.25) is 14.5 Å². The number of morpholine rings is 1. The lowest BCUT2D eigenvalue weighted by Gasteiger charge is -2.30. The van der Waals surface area contributed by atoms with E-state index in [2.05, 4.69) is 15.4 Å². The lowest BCUT2D eigenvalue weighted by Crippen LogP contribution is -2.50. The highest BCUT2D eigenvalue weighted by atomic mass is 16.6. The number of rotatable bonds is 6. The standard InChI is InChI=1S/C12H21N3O5/c1-9(16)13-3-4-14-11(17)8-15-5-6-20-10(7-15)12(18)19-2/h10H,3-8H2,1-2H3,(H,13,16)(H,14,17). The first-order chi connectivity index (χ1) is 9.52. The van der Waals surface area contributed by atoms with Crippen molar-refractivity contribution in [2.24, 2.45) is 0 Å². The van der Waals surface area contributed by atoms with Crippen molar-refractivity contribution in [2.45, 2.75) is 13.0 Å². The van der Waals surface area contributed by atoms with Crippen LogP contribution < -0.4 is 10.6 Å². The number of hydrogen-bond acceptors (Lipinski definition) is 6. The van der Waals surface area contributed by atoms with Crippen molar-refractivity contribution in [1.29, 1.82) is 0 Å². The Morgan fingerprint density at radius 1 is 1.30 bits per heavy atom. The van der Waals surface area contributed by atoms with E-state index in [-0.39, 0.29) is 18.4 Å². The molecule has 0 aromatic carbocycles. The summed E-state index contributed by atoms with van der Waals surface area (Å²) in [6, 6.07) is 0. The summed E-state index contributed by atoms with van der Waals surface area (Å²) in [7, 11) is 1.30. The molecule has 1 aliphatic rings. The molecule has 0 aliphatic carbocycles. The van der Waals surface area contributed by atoms with Crippen molar-refractivity contribution in [3.05, 3.63) is 0 Å². The summed E-state index contributed by atoms with van der Waals surface area (Å²) in [6.07, 6.45) is -0.638. The maximum absolute atomic E-state index is 11.7. The van der Waals surface area contributed by atoms with Crippen LogP contribution in [0.25, 0.3) is 0 Å². The molecule has 20 heavy (non-hydrogen) atoms. The number of nitrogens with zero attached hydrogens (tertiary/aromatic N) is 1. The van der Waals surface area contributed by atoms with E-state index in [0.29, 0.717) is 32.8 Å². The molecule has 1 atom stereocenters. The van der Waals surface area contributed by atoms with Crippen molar-refractivity contribution < 1.29 is 23.9 Å². The highest BCUT2D eigenvalue weighted by molar-refractivity contribution is 5.78. The zero-order valence-electron chi connectivity index (χ0n) is 11.8. The van der Waals surface area contributed by atoms with E-state index in [1.807, 2.05) is 4.90 Å². The van der Waals surface area contributed by atoms with Crippen LogP contribution >= 0.6 is 0 Å². The minimum atomic E-state index is -0.638. The summed E-state index contributed by atoms with van der Waals surface area (Å²) in [5.74, 6) is -0.713. The Morgan fingerprint density at radius 2 is 2.00 bits per heavy atom. The van der Waals surface area contributed by atoms with Crippen molar-refractivity contribution in [3.8, 4) is 0 Å². The van der Waals surface area contributed by atoms with Gasteiger partial charge in [-0.05, 0) is 0 Å². The van der Waals surface area contributed by atoms with Gasteiger partial charge in [0.25, 0.3) is 0 Å². The Balaban J connectivity index is 2.24. The van der Waals surface area contributed by atoms with Crippen LogP contribution in [0.2, 0.25) is 0 Å². The predicted octanol–water partition coefficient (Wildman–Crippen LogP) is -1.89. The molecule has 1 fully saturated rings. The van der Waals surface area contributed by atoms with Crippen molar-refractivity contribution in [1.82, 2.24) is 15.5 Å². The smallest absolute Gasteiger partial charge is 0.336 e. The van der Waals surface area contributed by atoms with E-state index in [1.165, 1.54) is 14.0 Å². The molecule has 1 saturated heterocycles. The molecule has 0 saturated carbocycles. The van der Waals surface area contributed by atoms with Gasteiger partial charge in [-0.2, -0.15) is 0 Å². The number of amides is 2. The van der Waals surface area contributed by atoms with Crippen LogP contribution in [0.3, 0.4) is 0 Å². The molecule has 2 amide bonds. The van der Waals surface area contributed by atoms with Crippen LogP contribution in [0.5, 0.6) is 0 Å². The number of nitrogens with one attached hydrogen (secondary N) is 2. The third kappa shape index (κ3) is 5.98. The monoisotopic (exact) mass is 287 g/mol. The molecule has 1 heterocycles. The van der Waals surface area contributed by atoms with E-state index >= 15 is 0 Å². The maximum atomic E-state index is 11.7. The van der Waals surface area contributed by atoms with Crippen molar-refractivity contribution in [2.75, 3.05) is 46.4 Å². The molecule has 114 valence electrons. The van der Waals surface area contributed by atoms with Crippen LogP contribution in [-0.4, -0.2) is 75.2 Å². The summed E-state index contributed by atoms with van der Waals surface area (Å²) in [5, 5.41) is 5.28. The van der Waals surface area contributed by atoms with Crippen LogP contribution in [0.4, 0.5) is 0 Å². The normalized spacial score (nSPS) is 19.2. The Labute approximate surface area is 117 Å². The fourth-order valence-corrected chi connectivity index (χ4v) is 1.82. The van der Waals surface area contributed by atoms with Gasteiger partial charge in [0.15, 0.2) is 6.10 Å². The molecule has 0 bridgehead atoms. The molecule has 0 aromatic rings. The summed E-state index contributed by atoms with van der Waals surface area (Å²) in [4.78, 5) is 35.5. The molecule has 0 spiro atoms. The first kappa shape index (κ1) is 16.4. The first-order valence-electron chi connectivity index (χ1n) is 6.46. The van der Waals surface area contributed by atoms with Crippen LogP contribution in [0.1, 0.15) is 6.92 Å². The molecule has 2 N–H and O–H groups in total. The van der Waals surface area contributed by atoms with Gasteiger partial charge < -0.3 is 20.1 Å². The van der Waals surface area contributed by atoms with Gasteiger partial charge in [-0.25, -0.2) is 4.79 Å². The quantitative estimate of drug-likeness (QED) is 0.438. The fourth-order valence-electron chi connectivity index (χ4n) is 1.82. The predicted molar refractivity (Wildman–Crippen MR) is 69.9 cm³/mol. The SMILES string of the molecule is COC(=O)C1CN(CC(=O)NCCNC(C)=O)CCO1. The second kappa shape index (κ2) is 8.49. The summed E-state index contributed by atoms with van der Waals surface area (Å²) >= 11 is 0. The van der Waals surface area contributed by atoms with Gasteiger partial charge >= 0.3 is 5.97 Å². The van der Waals surface area contributed by atoms with Crippen LogP contribution in [-0.2, 0) is 23.9 Å². The van der Waals surface area contributed by atoms with Gasteiger partial charge in [-0.15, -0.1) is 0 Å². The second-order valence-electron chi connectivity index (χ2n) is 4.45. The minimum Gasteiger partial charge on any atom is -0.467 e. The molecule has 8 nitrogen and oxygen atoms in total. The Morgan fingerprint density at radius 3 is 2.65 bits per heavy atom. The molecule has 8 heteroatoms. The van der Waals surface area contributed by atoms with E-state index in [0.717, 1.165) is 0 Å². The zero-order chi connectivity index (χ0) is 15.0. The zero-order valence-corrected chi connectivity index (χ0v) is 11.8. The van der Waals surface area contributed by atoms with Gasteiger partial charge in [-0.1, -0.05) is 0 Å². The lowest BCUT2D eigenvalue weighted by atomic mass is 10.2. The van der Waals surface area contributed by atoms with Gasteiger partial charge in [0.05, 0.1) is 20.3 Å². The molecule has 1 unspecified atom stereocenters. The number of methoxy groups -OCH3 is 1. The van der Waals surface area contributed by atoms with E-state index < -0.39 is 12.1 Å². The molecule has 1 aliphatic heterocycles. The lowest BCUT2D eigenvalue weighted by molar-refractivity contribution is -0.160. The minimum absolute atomic E-state index is 0.131.